The number of nitrogens with two attached hydrogens (primary N) is 1. The molecule has 1 aliphatic carbocycles. The molecule has 0 bridgehead atoms. The first-order valence-electron chi connectivity index (χ1n) is 7.80. The quantitative estimate of drug-likeness (QED) is 0.599. The van der Waals surface area contributed by atoms with Gasteiger partial charge in [0.1, 0.15) is 5.75 Å². The second-order valence-corrected chi connectivity index (χ2v) is 6.34. The Morgan fingerprint density at radius 2 is 2.19 bits per heavy atom. The zero-order chi connectivity index (χ0) is 15.2. The van der Waals surface area contributed by atoms with Crippen LogP contribution in [0.4, 0.5) is 0 Å². The number of aliphatic imine (C=N–C) groups is 1. The van der Waals surface area contributed by atoms with Gasteiger partial charge in [0.2, 0.25) is 0 Å². The summed E-state index contributed by atoms with van der Waals surface area (Å²) in [6.45, 7) is 8.58. The van der Waals surface area contributed by atoms with Crippen molar-refractivity contribution in [2.24, 2.45) is 22.6 Å². The minimum absolute atomic E-state index is 0.498. The molecule has 1 aliphatic rings. The maximum Gasteiger partial charge on any atom is 0.188 e. The molecule has 1 aromatic rings. The Labute approximate surface area is 127 Å². The largest absolute Gasteiger partial charge is 0.493 e. The average molecular weight is 289 g/mol. The third-order valence-corrected chi connectivity index (χ3v) is 3.51. The first-order valence-corrected chi connectivity index (χ1v) is 7.80. The SMILES string of the molecule is Cc1ccc(CN=C(N)NCC(C)C)c(OCC2CC2)c1. The molecule has 0 unspecified atom stereocenters. The van der Waals surface area contributed by atoms with Crippen molar-refractivity contribution < 1.29 is 4.74 Å². The summed E-state index contributed by atoms with van der Waals surface area (Å²) in [5.74, 6) is 2.75. The van der Waals surface area contributed by atoms with Crippen molar-refractivity contribution in [3.63, 3.8) is 0 Å². The van der Waals surface area contributed by atoms with E-state index in [-0.39, 0.29) is 0 Å². The fourth-order valence-electron chi connectivity index (χ4n) is 1.95. The standard InChI is InChI=1S/C17H27N3O/c1-12(2)9-19-17(18)20-10-15-7-4-13(3)8-16(15)21-11-14-5-6-14/h4,7-8,12,14H,5-6,9-11H2,1-3H3,(H3,18,19,20). The first-order chi connectivity index (χ1) is 10.0. The number of benzene rings is 1. The summed E-state index contributed by atoms with van der Waals surface area (Å²) in [6.07, 6.45) is 2.59. The number of aryl methyl sites for hydroxylation is 1. The Balaban J connectivity index is 1.95. The zero-order valence-electron chi connectivity index (χ0n) is 13.4. The lowest BCUT2D eigenvalue weighted by Gasteiger charge is -2.12. The summed E-state index contributed by atoms with van der Waals surface area (Å²) in [7, 11) is 0. The molecular formula is C17H27N3O. The van der Waals surface area contributed by atoms with Gasteiger partial charge in [-0.1, -0.05) is 26.0 Å². The number of nitrogens with one attached hydrogen (secondary N) is 1. The number of nitrogens with zero attached hydrogens (tertiary/aromatic N) is 1. The lowest BCUT2D eigenvalue weighted by atomic mass is 10.1. The van der Waals surface area contributed by atoms with Crippen molar-refractivity contribution in [2.45, 2.75) is 40.2 Å². The van der Waals surface area contributed by atoms with Crippen LogP contribution in [0.2, 0.25) is 0 Å². The Morgan fingerprint density at radius 1 is 1.43 bits per heavy atom. The zero-order valence-corrected chi connectivity index (χ0v) is 13.4. The smallest absolute Gasteiger partial charge is 0.188 e. The highest BCUT2D eigenvalue weighted by atomic mass is 16.5. The van der Waals surface area contributed by atoms with E-state index in [2.05, 4.69) is 49.3 Å². The summed E-state index contributed by atoms with van der Waals surface area (Å²) < 4.78 is 5.94. The van der Waals surface area contributed by atoms with E-state index in [1.54, 1.807) is 0 Å². The number of hydrogen-bond donors (Lipinski definition) is 2. The van der Waals surface area contributed by atoms with Crippen LogP contribution in [0.15, 0.2) is 23.2 Å². The Kier molecular flexibility index (Phi) is 5.48. The molecule has 0 aliphatic heterocycles. The number of guanidine groups is 1. The van der Waals surface area contributed by atoms with Gasteiger partial charge < -0.3 is 15.8 Å². The van der Waals surface area contributed by atoms with Crippen LogP contribution in [-0.4, -0.2) is 19.1 Å². The molecule has 0 aromatic heterocycles. The summed E-state index contributed by atoms with van der Waals surface area (Å²) in [5.41, 5.74) is 8.18. The lowest BCUT2D eigenvalue weighted by Crippen LogP contribution is -2.34. The molecule has 3 N–H and O–H groups in total. The van der Waals surface area contributed by atoms with Gasteiger partial charge in [-0.2, -0.15) is 0 Å². The Morgan fingerprint density at radius 3 is 2.86 bits per heavy atom. The third-order valence-electron chi connectivity index (χ3n) is 3.51. The molecule has 1 fully saturated rings. The Bertz CT molecular complexity index is 493. The van der Waals surface area contributed by atoms with Gasteiger partial charge in [0.25, 0.3) is 0 Å². The maximum absolute atomic E-state index is 5.94. The summed E-state index contributed by atoms with van der Waals surface area (Å²) >= 11 is 0. The summed E-state index contributed by atoms with van der Waals surface area (Å²) in [6, 6.07) is 6.26. The molecule has 116 valence electrons. The van der Waals surface area contributed by atoms with Gasteiger partial charge in [-0.05, 0) is 43.2 Å². The van der Waals surface area contributed by atoms with Crippen molar-refractivity contribution in [2.75, 3.05) is 13.2 Å². The molecular weight excluding hydrogens is 262 g/mol. The van der Waals surface area contributed by atoms with Crippen LogP contribution < -0.4 is 15.8 Å². The van der Waals surface area contributed by atoms with E-state index in [1.165, 1.54) is 18.4 Å². The van der Waals surface area contributed by atoms with Gasteiger partial charge >= 0.3 is 0 Å². The van der Waals surface area contributed by atoms with Crippen molar-refractivity contribution >= 4 is 5.96 Å². The van der Waals surface area contributed by atoms with Crippen molar-refractivity contribution in [1.29, 1.82) is 0 Å². The fraction of sp³-hybridized carbons (Fsp3) is 0.588. The summed E-state index contributed by atoms with van der Waals surface area (Å²) in [5, 5.41) is 3.13. The van der Waals surface area contributed by atoms with E-state index in [1.807, 2.05) is 0 Å². The number of rotatable bonds is 7. The average Bonchev–Trinajstić information content (AvgIpc) is 3.26. The highest BCUT2D eigenvalue weighted by Crippen LogP contribution is 2.30. The number of ether oxygens (including phenoxy) is 1. The van der Waals surface area contributed by atoms with Crippen LogP contribution in [0.3, 0.4) is 0 Å². The molecule has 0 saturated heterocycles. The molecule has 4 heteroatoms. The Hall–Kier alpha value is -1.71. The van der Waals surface area contributed by atoms with E-state index >= 15 is 0 Å². The van der Waals surface area contributed by atoms with Crippen molar-refractivity contribution in [3.05, 3.63) is 29.3 Å². The predicted octanol–water partition coefficient (Wildman–Crippen LogP) is 2.84. The van der Waals surface area contributed by atoms with Crippen molar-refractivity contribution in [1.82, 2.24) is 5.32 Å². The van der Waals surface area contributed by atoms with E-state index in [9.17, 15) is 0 Å². The molecule has 4 nitrogen and oxygen atoms in total. The molecule has 0 amide bonds. The maximum atomic E-state index is 5.94. The molecule has 0 heterocycles. The van der Waals surface area contributed by atoms with E-state index in [0.29, 0.717) is 18.4 Å². The van der Waals surface area contributed by atoms with E-state index < -0.39 is 0 Å². The molecule has 0 radical (unpaired) electrons. The van der Waals surface area contributed by atoms with Gasteiger partial charge in [0.15, 0.2) is 5.96 Å². The van der Waals surface area contributed by atoms with Gasteiger partial charge in [-0.15, -0.1) is 0 Å². The second-order valence-electron chi connectivity index (χ2n) is 6.34. The predicted molar refractivity (Wildman–Crippen MR) is 87.6 cm³/mol. The first kappa shape index (κ1) is 15.7. The number of hydrogen-bond acceptors (Lipinski definition) is 2. The van der Waals surface area contributed by atoms with Gasteiger partial charge in [0.05, 0.1) is 13.2 Å². The van der Waals surface area contributed by atoms with Crippen molar-refractivity contribution in [3.8, 4) is 5.75 Å². The van der Waals surface area contributed by atoms with Crippen LogP contribution in [0.25, 0.3) is 0 Å². The monoisotopic (exact) mass is 289 g/mol. The van der Waals surface area contributed by atoms with E-state index in [4.69, 9.17) is 10.5 Å². The minimum atomic E-state index is 0.498. The minimum Gasteiger partial charge on any atom is -0.493 e. The highest BCUT2D eigenvalue weighted by molar-refractivity contribution is 5.77. The van der Waals surface area contributed by atoms with Crippen LogP contribution in [-0.2, 0) is 6.54 Å². The van der Waals surface area contributed by atoms with Gasteiger partial charge in [0, 0.05) is 12.1 Å². The topological polar surface area (TPSA) is 59.6 Å². The molecule has 0 atom stereocenters. The van der Waals surface area contributed by atoms with Crippen LogP contribution in [0.1, 0.15) is 37.8 Å². The molecule has 21 heavy (non-hydrogen) atoms. The van der Waals surface area contributed by atoms with Crippen LogP contribution in [0.5, 0.6) is 5.75 Å². The van der Waals surface area contributed by atoms with Crippen LogP contribution >= 0.6 is 0 Å². The summed E-state index contributed by atoms with van der Waals surface area (Å²) in [4.78, 5) is 4.40. The molecule has 0 spiro atoms. The van der Waals surface area contributed by atoms with E-state index in [0.717, 1.165) is 30.4 Å². The molecule has 1 saturated carbocycles. The molecule has 2 rings (SSSR count). The van der Waals surface area contributed by atoms with Gasteiger partial charge in [-0.3, -0.25) is 0 Å². The lowest BCUT2D eigenvalue weighted by molar-refractivity contribution is 0.296. The van der Waals surface area contributed by atoms with Crippen LogP contribution in [0, 0.1) is 18.8 Å². The highest BCUT2D eigenvalue weighted by Gasteiger charge is 2.22. The molecule has 1 aromatic carbocycles. The fourth-order valence-corrected chi connectivity index (χ4v) is 1.95. The normalized spacial score (nSPS) is 15.3. The second kappa shape index (κ2) is 7.34. The van der Waals surface area contributed by atoms with Gasteiger partial charge in [-0.25, -0.2) is 4.99 Å². The third kappa shape index (κ3) is 5.66.